The third kappa shape index (κ3) is 4.52. The molecule has 0 bridgehead atoms. The van der Waals surface area contributed by atoms with Crippen molar-refractivity contribution >= 4 is 22.6 Å². The van der Waals surface area contributed by atoms with Crippen molar-refractivity contribution in [3.8, 4) is 5.75 Å². The van der Waals surface area contributed by atoms with Gasteiger partial charge in [0.1, 0.15) is 17.0 Å². The lowest BCUT2D eigenvalue weighted by molar-refractivity contribution is 0.0889. The molecule has 1 aromatic carbocycles. The van der Waals surface area contributed by atoms with Gasteiger partial charge in [0.05, 0.1) is 24.8 Å². The maximum atomic E-state index is 12.4. The van der Waals surface area contributed by atoms with Crippen molar-refractivity contribution in [2.45, 2.75) is 37.8 Å². The molecule has 9 nitrogen and oxygen atoms in total. The Morgan fingerprint density at radius 2 is 1.91 bits per heavy atom. The van der Waals surface area contributed by atoms with E-state index in [0.29, 0.717) is 5.69 Å². The minimum atomic E-state index is -0.116. The van der Waals surface area contributed by atoms with Crippen LogP contribution in [0.2, 0.25) is 0 Å². The first-order valence-corrected chi connectivity index (χ1v) is 11.2. The first-order valence-electron chi connectivity index (χ1n) is 11.2. The largest absolute Gasteiger partial charge is 0.488 e. The first-order chi connectivity index (χ1) is 15.7. The Kier molecular flexibility index (Phi) is 5.89. The Morgan fingerprint density at radius 1 is 1.12 bits per heavy atom. The van der Waals surface area contributed by atoms with E-state index in [1.807, 2.05) is 7.05 Å². The second-order valence-electron chi connectivity index (χ2n) is 8.41. The molecule has 5 rings (SSSR count). The van der Waals surface area contributed by atoms with Crippen molar-refractivity contribution in [2.24, 2.45) is 7.05 Å². The molecule has 9 heteroatoms. The van der Waals surface area contributed by atoms with E-state index in [4.69, 9.17) is 9.47 Å². The minimum Gasteiger partial charge on any atom is -0.488 e. The van der Waals surface area contributed by atoms with Gasteiger partial charge in [-0.15, -0.1) is 0 Å². The van der Waals surface area contributed by atoms with Crippen LogP contribution in [-0.2, 0) is 11.8 Å². The van der Waals surface area contributed by atoms with Gasteiger partial charge in [-0.2, -0.15) is 5.10 Å². The fourth-order valence-corrected chi connectivity index (χ4v) is 4.42. The third-order valence-corrected chi connectivity index (χ3v) is 6.15. The summed E-state index contributed by atoms with van der Waals surface area (Å²) in [5.74, 6) is 0.660. The number of carbonyl (C=O) groups excluding carboxylic acids is 1. The second-order valence-corrected chi connectivity index (χ2v) is 8.41. The highest BCUT2D eigenvalue weighted by Gasteiger charge is 2.26. The van der Waals surface area contributed by atoms with Crippen molar-refractivity contribution in [3.63, 3.8) is 0 Å². The number of nitrogens with zero attached hydrogens (tertiary/aromatic N) is 5. The normalized spacial score (nSPS) is 21.5. The number of amides is 1. The van der Waals surface area contributed by atoms with Gasteiger partial charge in [-0.3, -0.25) is 14.5 Å². The summed E-state index contributed by atoms with van der Waals surface area (Å²) >= 11 is 0. The zero-order chi connectivity index (χ0) is 21.9. The highest BCUT2D eigenvalue weighted by atomic mass is 16.5. The molecule has 1 amide bonds. The average molecular weight is 437 g/mol. The van der Waals surface area contributed by atoms with Crippen LogP contribution in [0.3, 0.4) is 0 Å². The Balaban J connectivity index is 1.25. The molecule has 1 aliphatic carbocycles. The monoisotopic (exact) mass is 436 g/mol. The molecule has 3 aromatic rings. The van der Waals surface area contributed by atoms with Crippen molar-refractivity contribution < 1.29 is 14.3 Å². The van der Waals surface area contributed by atoms with E-state index in [9.17, 15) is 4.79 Å². The lowest BCUT2D eigenvalue weighted by Gasteiger charge is -2.31. The topological polar surface area (TPSA) is 94.4 Å². The van der Waals surface area contributed by atoms with Crippen LogP contribution < -0.4 is 15.0 Å². The summed E-state index contributed by atoms with van der Waals surface area (Å²) in [4.78, 5) is 23.7. The van der Waals surface area contributed by atoms with Gasteiger partial charge in [-0.25, -0.2) is 4.98 Å². The summed E-state index contributed by atoms with van der Waals surface area (Å²) in [5.41, 5.74) is 3.17. The van der Waals surface area contributed by atoms with E-state index in [2.05, 4.69) is 37.4 Å². The number of morpholine rings is 1. The summed E-state index contributed by atoms with van der Waals surface area (Å²) in [7, 11) is 1.81. The SMILES string of the molecule is Cn1ccc(C(=O)NC2CCC(Oc3cc(N4CCOCC4)cc4nccnc34)CC2)n1. The predicted molar refractivity (Wildman–Crippen MR) is 120 cm³/mol. The van der Waals surface area contributed by atoms with Gasteiger partial charge in [0.25, 0.3) is 5.91 Å². The van der Waals surface area contributed by atoms with Gasteiger partial charge in [0.2, 0.25) is 0 Å². The first kappa shape index (κ1) is 20.7. The second kappa shape index (κ2) is 9.12. The number of fused-ring (bicyclic) bond motifs is 1. The summed E-state index contributed by atoms with van der Waals surface area (Å²) in [5, 5.41) is 7.28. The van der Waals surface area contributed by atoms with Crippen molar-refractivity contribution in [2.75, 3.05) is 31.2 Å². The summed E-state index contributed by atoms with van der Waals surface area (Å²) in [6.45, 7) is 3.16. The maximum Gasteiger partial charge on any atom is 0.271 e. The zero-order valence-electron chi connectivity index (χ0n) is 18.2. The molecular weight excluding hydrogens is 408 g/mol. The number of nitrogens with one attached hydrogen (secondary N) is 1. The lowest BCUT2D eigenvalue weighted by atomic mass is 9.92. The molecule has 2 aromatic heterocycles. The van der Waals surface area contributed by atoms with Gasteiger partial charge in [-0.1, -0.05) is 0 Å². The lowest BCUT2D eigenvalue weighted by Crippen LogP contribution is -2.40. The number of carbonyl (C=O) groups is 1. The van der Waals surface area contributed by atoms with E-state index < -0.39 is 0 Å². The van der Waals surface area contributed by atoms with E-state index >= 15 is 0 Å². The van der Waals surface area contributed by atoms with Crippen molar-refractivity contribution in [1.29, 1.82) is 0 Å². The summed E-state index contributed by atoms with van der Waals surface area (Å²) in [6, 6.07) is 6.03. The average Bonchev–Trinajstić information content (AvgIpc) is 3.27. The molecule has 168 valence electrons. The predicted octanol–water partition coefficient (Wildman–Crippen LogP) is 2.32. The number of aromatic nitrogens is 4. The van der Waals surface area contributed by atoms with Crippen LogP contribution >= 0.6 is 0 Å². The molecule has 2 fully saturated rings. The van der Waals surface area contributed by atoms with E-state index in [0.717, 1.165) is 74.5 Å². The minimum absolute atomic E-state index is 0.0862. The van der Waals surface area contributed by atoms with E-state index in [1.54, 1.807) is 29.3 Å². The Labute approximate surface area is 186 Å². The molecule has 0 unspecified atom stereocenters. The van der Waals surface area contributed by atoms with Crippen LogP contribution in [-0.4, -0.2) is 64.1 Å². The van der Waals surface area contributed by atoms with E-state index in [1.165, 1.54) is 0 Å². The number of hydrogen-bond acceptors (Lipinski definition) is 7. The molecule has 2 aliphatic rings. The molecule has 1 saturated heterocycles. The Hall–Kier alpha value is -3.20. The fraction of sp³-hybridized carbons (Fsp3) is 0.478. The van der Waals surface area contributed by atoms with Crippen LogP contribution in [0.5, 0.6) is 5.75 Å². The van der Waals surface area contributed by atoms with Crippen molar-refractivity contribution in [1.82, 2.24) is 25.1 Å². The molecular formula is C23H28N6O3. The summed E-state index contributed by atoms with van der Waals surface area (Å²) in [6.07, 6.45) is 8.76. The van der Waals surface area contributed by atoms with Gasteiger partial charge < -0.3 is 19.7 Å². The number of aryl methyl sites for hydroxylation is 1. The van der Waals surface area contributed by atoms with Crippen LogP contribution in [0, 0.1) is 0 Å². The number of ether oxygens (including phenoxy) is 2. The zero-order valence-corrected chi connectivity index (χ0v) is 18.2. The molecule has 0 atom stereocenters. The standard InChI is InChI=1S/C23H28N6O3/c1-28-9-6-19(27-28)23(30)26-16-2-4-18(5-3-16)32-21-15-17(29-10-12-31-13-11-29)14-20-22(21)25-8-7-24-20/h6-9,14-16,18H,2-5,10-13H2,1H3,(H,26,30). The number of hydrogen-bond donors (Lipinski definition) is 1. The van der Waals surface area contributed by atoms with Crippen LogP contribution in [0.1, 0.15) is 36.2 Å². The molecule has 1 aliphatic heterocycles. The molecule has 0 radical (unpaired) electrons. The number of rotatable bonds is 5. The van der Waals surface area contributed by atoms with Crippen LogP contribution in [0.15, 0.2) is 36.8 Å². The Bertz CT molecular complexity index is 1090. The summed E-state index contributed by atoms with van der Waals surface area (Å²) < 4.78 is 13.6. The molecule has 1 N–H and O–H groups in total. The van der Waals surface area contributed by atoms with Gasteiger partial charge >= 0.3 is 0 Å². The highest BCUT2D eigenvalue weighted by Crippen LogP contribution is 2.33. The van der Waals surface area contributed by atoms with Gasteiger partial charge in [-0.05, 0) is 37.8 Å². The third-order valence-electron chi connectivity index (χ3n) is 6.15. The van der Waals surface area contributed by atoms with E-state index in [-0.39, 0.29) is 18.1 Å². The molecule has 3 heterocycles. The molecule has 1 saturated carbocycles. The smallest absolute Gasteiger partial charge is 0.271 e. The molecule has 32 heavy (non-hydrogen) atoms. The number of benzene rings is 1. The van der Waals surface area contributed by atoms with Crippen LogP contribution in [0.25, 0.3) is 11.0 Å². The van der Waals surface area contributed by atoms with Crippen molar-refractivity contribution in [3.05, 3.63) is 42.5 Å². The highest BCUT2D eigenvalue weighted by molar-refractivity contribution is 5.92. The maximum absolute atomic E-state index is 12.4. The molecule has 0 spiro atoms. The van der Waals surface area contributed by atoms with Gasteiger partial charge in [0, 0.05) is 56.5 Å². The fourth-order valence-electron chi connectivity index (χ4n) is 4.42. The quantitative estimate of drug-likeness (QED) is 0.656. The van der Waals surface area contributed by atoms with Crippen LogP contribution in [0.4, 0.5) is 5.69 Å². The van der Waals surface area contributed by atoms with Gasteiger partial charge in [0.15, 0.2) is 0 Å². The Morgan fingerprint density at radius 3 is 2.66 bits per heavy atom. The number of anilines is 1.